The molecular formula is C11H10IN3O2. The summed E-state index contributed by atoms with van der Waals surface area (Å²) in [6, 6.07) is 9.50. The molecule has 6 heteroatoms. The van der Waals surface area contributed by atoms with Crippen LogP contribution >= 0.6 is 22.6 Å². The third-order valence-corrected chi connectivity index (χ3v) is 2.85. The molecule has 1 amide bonds. The Morgan fingerprint density at radius 1 is 1.41 bits per heavy atom. The van der Waals surface area contributed by atoms with E-state index in [0.717, 1.165) is 9.13 Å². The first-order valence-corrected chi connectivity index (χ1v) is 6.00. The Kier molecular flexibility index (Phi) is 3.97. The SMILES string of the molecule is O=C(Nc1[nH]ncc1I)OCc1ccccc1. The molecule has 0 saturated heterocycles. The lowest BCUT2D eigenvalue weighted by molar-refractivity contribution is 0.155. The molecule has 0 radical (unpaired) electrons. The van der Waals surface area contributed by atoms with Crippen LogP contribution in [0.5, 0.6) is 0 Å². The van der Waals surface area contributed by atoms with Crippen molar-refractivity contribution in [2.24, 2.45) is 0 Å². The van der Waals surface area contributed by atoms with Gasteiger partial charge in [-0.25, -0.2) is 4.79 Å². The van der Waals surface area contributed by atoms with Gasteiger partial charge in [-0.3, -0.25) is 10.4 Å². The highest BCUT2D eigenvalue weighted by atomic mass is 127. The second-order valence-electron chi connectivity index (χ2n) is 3.28. The first-order valence-electron chi connectivity index (χ1n) is 4.92. The van der Waals surface area contributed by atoms with E-state index in [1.165, 1.54) is 0 Å². The molecule has 88 valence electrons. The number of amides is 1. The maximum Gasteiger partial charge on any atom is 0.413 e. The van der Waals surface area contributed by atoms with Gasteiger partial charge in [-0.15, -0.1) is 0 Å². The number of aromatic nitrogens is 2. The predicted molar refractivity (Wildman–Crippen MR) is 71.6 cm³/mol. The summed E-state index contributed by atoms with van der Waals surface area (Å²) in [7, 11) is 0. The fourth-order valence-corrected chi connectivity index (χ4v) is 1.62. The van der Waals surface area contributed by atoms with E-state index in [1.807, 2.05) is 30.3 Å². The molecule has 1 aromatic heterocycles. The van der Waals surface area contributed by atoms with Crippen LogP contribution in [0.1, 0.15) is 5.56 Å². The number of nitrogens with zero attached hydrogens (tertiary/aromatic N) is 1. The van der Waals surface area contributed by atoms with E-state index in [4.69, 9.17) is 4.74 Å². The molecule has 0 atom stereocenters. The van der Waals surface area contributed by atoms with Gasteiger partial charge in [-0.1, -0.05) is 30.3 Å². The average molecular weight is 343 g/mol. The van der Waals surface area contributed by atoms with Gasteiger partial charge < -0.3 is 4.74 Å². The molecule has 5 nitrogen and oxygen atoms in total. The standard InChI is InChI=1S/C11H10IN3O2/c12-9-6-13-15-10(9)14-11(16)17-7-8-4-2-1-3-5-8/h1-6H,7H2,(H2,13,14,15,16). The summed E-state index contributed by atoms with van der Waals surface area (Å²) in [5, 5.41) is 9.03. The van der Waals surface area contributed by atoms with Gasteiger partial charge in [-0.2, -0.15) is 5.10 Å². The van der Waals surface area contributed by atoms with Crippen molar-refractivity contribution in [3.05, 3.63) is 45.7 Å². The van der Waals surface area contributed by atoms with E-state index >= 15 is 0 Å². The first kappa shape index (κ1) is 11.9. The first-order chi connectivity index (χ1) is 8.25. The number of H-pyrrole nitrogens is 1. The molecule has 0 aliphatic heterocycles. The topological polar surface area (TPSA) is 67.0 Å². The van der Waals surface area contributed by atoms with Crippen LogP contribution in [0, 0.1) is 3.57 Å². The molecule has 2 rings (SSSR count). The summed E-state index contributed by atoms with van der Waals surface area (Å²) < 4.78 is 5.89. The highest BCUT2D eigenvalue weighted by Crippen LogP contribution is 2.13. The number of hydrogen-bond donors (Lipinski definition) is 2. The number of ether oxygens (including phenoxy) is 1. The van der Waals surface area contributed by atoms with E-state index in [9.17, 15) is 4.79 Å². The van der Waals surface area contributed by atoms with Crippen molar-refractivity contribution in [2.75, 3.05) is 5.32 Å². The van der Waals surface area contributed by atoms with Crippen molar-refractivity contribution >= 4 is 34.5 Å². The lowest BCUT2D eigenvalue weighted by Gasteiger charge is -2.05. The number of carbonyl (C=O) groups is 1. The lowest BCUT2D eigenvalue weighted by atomic mass is 10.2. The summed E-state index contributed by atoms with van der Waals surface area (Å²) in [5.41, 5.74) is 0.946. The van der Waals surface area contributed by atoms with E-state index in [2.05, 4.69) is 38.1 Å². The smallest absolute Gasteiger partial charge is 0.413 e. The number of benzene rings is 1. The fourth-order valence-electron chi connectivity index (χ4n) is 1.22. The summed E-state index contributed by atoms with van der Waals surface area (Å²) in [6.45, 7) is 0.247. The maximum absolute atomic E-state index is 11.5. The van der Waals surface area contributed by atoms with E-state index in [0.29, 0.717) is 5.82 Å². The van der Waals surface area contributed by atoms with Crippen molar-refractivity contribution in [3.8, 4) is 0 Å². The Bertz CT molecular complexity index is 498. The summed E-state index contributed by atoms with van der Waals surface area (Å²) in [6.07, 6.45) is 1.11. The minimum atomic E-state index is -0.504. The number of rotatable bonds is 3. The van der Waals surface area contributed by atoms with Crippen LogP contribution in [-0.2, 0) is 11.3 Å². The van der Waals surface area contributed by atoms with Crippen molar-refractivity contribution in [2.45, 2.75) is 6.61 Å². The third-order valence-electron chi connectivity index (χ3n) is 2.03. The van der Waals surface area contributed by atoms with Gasteiger partial charge in [0, 0.05) is 0 Å². The molecular weight excluding hydrogens is 333 g/mol. The molecule has 0 spiro atoms. The molecule has 1 aromatic carbocycles. The molecule has 0 bridgehead atoms. The minimum absolute atomic E-state index is 0.247. The van der Waals surface area contributed by atoms with Crippen LogP contribution in [0.3, 0.4) is 0 Å². The fraction of sp³-hybridized carbons (Fsp3) is 0.0909. The van der Waals surface area contributed by atoms with Gasteiger partial charge >= 0.3 is 6.09 Å². The van der Waals surface area contributed by atoms with Gasteiger partial charge in [0.1, 0.15) is 12.4 Å². The lowest BCUT2D eigenvalue weighted by Crippen LogP contribution is -2.14. The zero-order valence-electron chi connectivity index (χ0n) is 8.81. The van der Waals surface area contributed by atoms with Crippen LogP contribution in [-0.4, -0.2) is 16.3 Å². The number of carbonyl (C=O) groups excluding carboxylic acids is 1. The number of aromatic amines is 1. The molecule has 17 heavy (non-hydrogen) atoms. The molecule has 0 saturated carbocycles. The van der Waals surface area contributed by atoms with E-state index in [-0.39, 0.29) is 6.61 Å². The van der Waals surface area contributed by atoms with Gasteiger partial charge in [0.2, 0.25) is 0 Å². The molecule has 1 heterocycles. The summed E-state index contributed by atoms with van der Waals surface area (Å²) in [4.78, 5) is 11.5. The van der Waals surface area contributed by atoms with Crippen LogP contribution in [0.4, 0.5) is 10.6 Å². The third kappa shape index (κ3) is 3.45. The van der Waals surface area contributed by atoms with Crippen LogP contribution in [0.25, 0.3) is 0 Å². The van der Waals surface area contributed by atoms with E-state index < -0.39 is 6.09 Å². The van der Waals surface area contributed by atoms with E-state index in [1.54, 1.807) is 6.20 Å². The van der Waals surface area contributed by atoms with Crippen LogP contribution in [0.2, 0.25) is 0 Å². The van der Waals surface area contributed by atoms with Gasteiger partial charge in [0.15, 0.2) is 0 Å². The number of hydrogen-bond acceptors (Lipinski definition) is 3. The molecule has 2 aromatic rings. The van der Waals surface area contributed by atoms with Gasteiger partial charge in [0.05, 0.1) is 9.77 Å². The maximum atomic E-state index is 11.5. The Labute approximate surface area is 112 Å². The Morgan fingerprint density at radius 3 is 2.82 bits per heavy atom. The Balaban J connectivity index is 1.85. The van der Waals surface area contributed by atoms with Crippen LogP contribution < -0.4 is 5.32 Å². The minimum Gasteiger partial charge on any atom is -0.444 e. The molecule has 0 aliphatic carbocycles. The number of halogens is 1. The molecule has 0 unspecified atom stereocenters. The second-order valence-corrected chi connectivity index (χ2v) is 4.44. The highest BCUT2D eigenvalue weighted by molar-refractivity contribution is 14.1. The van der Waals surface area contributed by atoms with Gasteiger partial charge in [-0.05, 0) is 28.2 Å². The second kappa shape index (κ2) is 5.67. The quantitative estimate of drug-likeness (QED) is 0.843. The number of anilines is 1. The van der Waals surface area contributed by atoms with Gasteiger partial charge in [0.25, 0.3) is 0 Å². The normalized spacial score (nSPS) is 9.94. The summed E-state index contributed by atoms with van der Waals surface area (Å²) >= 11 is 2.06. The van der Waals surface area contributed by atoms with Crippen molar-refractivity contribution in [1.82, 2.24) is 10.2 Å². The molecule has 0 aliphatic rings. The highest BCUT2D eigenvalue weighted by Gasteiger charge is 2.07. The van der Waals surface area contributed by atoms with Crippen molar-refractivity contribution in [3.63, 3.8) is 0 Å². The largest absolute Gasteiger partial charge is 0.444 e. The monoisotopic (exact) mass is 343 g/mol. The Morgan fingerprint density at radius 2 is 2.18 bits per heavy atom. The summed E-state index contributed by atoms with van der Waals surface area (Å²) in [5.74, 6) is 0.545. The van der Waals surface area contributed by atoms with Crippen molar-refractivity contribution < 1.29 is 9.53 Å². The average Bonchev–Trinajstić information content (AvgIpc) is 2.74. The van der Waals surface area contributed by atoms with Crippen molar-refractivity contribution in [1.29, 1.82) is 0 Å². The zero-order valence-corrected chi connectivity index (χ0v) is 11.0. The predicted octanol–water partition coefficient (Wildman–Crippen LogP) is 2.76. The molecule has 2 N–H and O–H groups in total. The number of nitrogens with one attached hydrogen (secondary N) is 2. The molecule has 0 fully saturated rings. The van der Waals surface area contributed by atoms with Crippen LogP contribution in [0.15, 0.2) is 36.5 Å². The Hall–Kier alpha value is -1.57. The zero-order chi connectivity index (χ0) is 12.1.